The van der Waals surface area contributed by atoms with E-state index in [1.54, 1.807) is 0 Å². The summed E-state index contributed by atoms with van der Waals surface area (Å²) < 4.78 is 26.9. The Labute approximate surface area is 265 Å². The maximum Gasteiger partial charge on any atom is 0.331 e. The molecule has 44 heavy (non-hydrogen) atoms. The zero-order valence-corrected chi connectivity index (χ0v) is 27.6. The van der Waals surface area contributed by atoms with Gasteiger partial charge < -0.3 is 28.8 Å². The molecule has 0 aromatic carbocycles. The Morgan fingerprint density at radius 1 is 0.682 bits per heavy atom. The van der Waals surface area contributed by atoms with Crippen molar-refractivity contribution in [2.75, 3.05) is 33.5 Å². The van der Waals surface area contributed by atoms with Crippen LogP contribution >= 0.6 is 0 Å². The molecule has 0 aliphatic heterocycles. The van der Waals surface area contributed by atoms with Crippen LogP contribution in [0, 0.1) is 0 Å². The molecule has 0 aliphatic rings. The van der Waals surface area contributed by atoms with E-state index in [-0.39, 0.29) is 39.5 Å². The molecule has 0 spiro atoms. The highest BCUT2D eigenvalue weighted by molar-refractivity contribution is 5.79. The fourth-order valence-corrected chi connectivity index (χ4v) is 4.35. The van der Waals surface area contributed by atoms with Gasteiger partial charge in [0.1, 0.15) is 26.0 Å². The first-order valence-corrected chi connectivity index (χ1v) is 16.6. The van der Waals surface area contributed by atoms with Crippen molar-refractivity contribution in [1.29, 1.82) is 0 Å². The quantitative estimate of drug-likeness (QED) is 0.0260. The van der Waals surface area contributed by atoms with Crippen molar-refractivity contribution in [2.24, 2.45) is 0 Å². The van der Waals surface area contributed by atoms with Crippen LogP contribution < -0.4 is 0 Å². The minimum absolute atomic E-state index is 0.0431. The summed E-state index contributed by atoms with van der Waals surface area (Å²) in [5, 5.41) is 8.85. The number of carbonyl (C=O) groups excluding carboxylic acids is 2. The van der Waals surface area contributed by atoms with E-state index in [2.05, 4.69) is 18.6 Å². The van der Waals surface area contributed by atoms with Crippen molar-refractivity contribution < 1.29 is 43.2 Å². The lowest BCUT2D eigenvalue weighted by Gasteiger charge is -2.30. The standard InChI is InChI=1S/C33H60N2O9/c1-4-6-8-10-12-13-15-17-19-22-40-26-34(27-41-23-21-32(37)38)33(39)35(28-42-24-25-43-30-36)29-44-31(3)20-18-16-14-11-9-7-5-2/h21,23-25,30-31H,4-20,22,26-29H2,1-3H3,(H,37,38). The van der Waals surface area contributed by atoms with E-state index in [0.29, 0.717) is 6.61 Å². The van der Waals surface area contributed by atoms with Gasteiger partial charge >= 0.3 is 12.0 Å². The second kappa shape index (κ2) is 31.6. The average molecular weight is 629 g/mol. The van der Waals surface area contributed by atoms with E-state index < -0.39 is 12.0 Å². The molecule has 0 aromatic rings. The molecule has 0 saturated carbocycles. The van der Waals surface area contributed by atoms with Crippen LogP contribution in [0.3, 0.4) is 0 Å². The molecule has 11 nitrogen and oxygen atoms in total. The molecule has 11 heteroatoms. The summed E-state index contributed by atoms with van der Waals surface area (Å²) in [6.07, 6.45) is 24.1. The average Bonchev–Trinajstić information content (AvgIpc) is 3.01. The third-order valence-corrected chi connectivity index (χ3v) is 6.96. The number of nitrogens with zero attached hydrogens (tertiary/aromatic N) is 2. The lowest BCUT2D eigenvalue weighted by atomic mass is 10.1. The van der Waals surface area contributed by atoms with E-state index in [0.717, 1.165) is 63.4 Å². The second-order valence-electron chi connectivity index (χ2n) is 11.0. The lowest BCUT2D eigenvalue weighted by molar-refractivity contribution is -0.131. The molecule has 0 bridgehead atoms. The van der Waals surface area contributed by atoms with Gasteiger partial charge in [0.05, 0.1) is 18.4 Å². The normalized spacial score (nSPS) is 12.0. The van der Waals surface area contributed by atoms with Crippen LogP contribution in [0.5, 0.6) is 0 Å². The summed E-state index contributed by atoms with van der Waals surface area (Å²) in [5.41, 5.74) is 0. The molecule has 1 N–H and O–H groups in total. The minimum Gasteiger partial charge on any atom is -0.480 e. The minimum atomic E-state index is -1.16. The van der Waals surface area contributed by atoms with Crippen LogP contribution in [-0.4, -0.2) is 73.0 Å². The van der Waals surface area contributed by atoms with E-state index in [1.165, 1.54) is 80.4 Å². The second-order valence-corrected chi connectivity index (χ2v) is 11.0. The molecule has 0 aliphatic carbocycles. The van der Waals surface area contributed by atoms with Gasteiger partial charge in [0.25, 0.3) is 6.47 Å². The maximum absolute atomic E-state index is 13.5. The van der Waals surface area contributed by atoms with Crippen LogP contribution in [0.2, 0.25) is 0 Å². The molecule has 1 unspecified atom stereocenters. The highest BCUT2D eigenvalue weighted by Crippen LogP contribution is 2.13. The molecule has 2 amide bonds. The third kappa shape index (κ3) is 26.8. The number of ether oxygens (including phenoxy) is 5. The maximum atomic E-state index is 13.5. The van der Waals surface area contributed by atoms with Gasteiger partial charge in [-0.05, 0) is 19.8 Å². The van der Waals surface area contributed by atoms with Crippen LogP contribution in [0.1, 0.15) is 130 Å². The van der Waals surface area contributed by atoms with Crippen LogP contribution in [0.25, 0.3) is 0 Å². The number of carboxylic acid groups (broad SMARTS) is 1. The first-order valence-electron chi connectivity index (χ1n) is 16.6. The summed E-state index contributed by atoms with van der Waals surface area (Å²) in [7, 11) is 0. The monoisotopic (exact) mass is 628 g/mol. The summed E-state index contributed by atoms with van der Waals surface area (Å²) in [5.74, 6) is -1.16. The number of carbonyl (C=O) groups is 3. The van der Waals surface area contributed by atoms with Crippen molar-refractivity contribution >= 4 is 18.5 Å². The Morgan fingerprint density at radius 2 is 1.20 bits per heavy atom. The topological polar surface area (TPSA) is 124 Å². The van der Waals surface area contributed by atoms with Crippen molar-refractivity contribution in [3.8, 4) is 0 Å². The first kappa shape index (κ1) is 41.2. The number of rotatable bonds is 32. The van der Waals surface area contributed by atoms with Gasteiger partial charge in [0, 0.05) is 6.61 Å². The Kier molecular flexibility index (Phi) is 29.6. The molecule has 0 rings (SSSR count). The van der Waals surface area contributed by atoms with Gasteiger partial charge in [-0.2, -0.15) is 0 Å². The largest absolute Gasteiger partial charge is 0.480 e. The van der Waals surface area contributed by atoms with E-state index in [4.69, 9.17) is 24.1 Å². The highest BCUT2D eigenvalue weighted by Gasteiger charge is 2.23. The van der Waals surface area contributed by atoms with Crippen LogP contribution in [0.4, 0.5) is 4.79 Å². The SMILES string of the molecule is CCCCCCCCCCCOCN(COC=CC(=O)O)C(=O)N(COC=COC=O)COC(C)CCCCCCCCC. The Balaban J connectivity index is 4.94. The van der Waals surface area contributed by atoms with Gasteiger partial charge in [-0.1, -0.05) is 110 Å². The van der Waals surface area contributed by atoms with Crippen LogP contribution in [-0.2, 0) is 33.3 Å². The number of urea groups is 1. The van der Waals surface area contributed by atoms with Crippen molar-refractivity contribution in [1.82, 2.24) is 9.80 Å². The van der Waals surface area contributed by atoms with Gasteiger partial charge in [0.15, 0.2) is 13.5 Å². The van der Waals surface area contributed by atoms with E-state index >= 15 is 0 Å². The third-order valence-electron chi connectivity index (χ3n) is 6.96. The summed E-state index contributed by atoms with van der Waals surface area (Å²) in [6, 6.07) is -0.478. The smallest absolute Gasteiger partial charge is 0.331 e. The van der Waals surface area contributed by atoms with Gasteiger partial charge in [-0.15, -0.1) is 0 Å². The molecular weight excluding hydrogens is 568 g/mol. The van der Waals surface area contributed by atoms with Gasteiger partial charge in [-0.3, -0.25) is 14.6 Å². The summed E-state index contributed by atoms with van der Waals surface area (Å²) in [6.45, 7) is 6.65. The Bertz CT molecular complexity index is 749. The number of carboxylic acids is 1. The lowest BCUT2D eigenvalue weighted by Crippen LogP contribution is -2.47. The molecule has 0 heterocycles. The van der Waals surface area contributed by atoms with Crippen molar-refractivity contribution in [3.05, 3.63) is 24.9 Å². The molecule has 0 saturated heterocycles. The number of aliphatic carboxylic acids is 1. The van der Waals surface area contributed by atoms with Crippen LogP contribution in [0.15, 0.2) is 24.9 Å². The zero-order valence-electron chi connectivity index (χ0n) is 27.6. The van der Waals surface area contributed by atoms with Crippen molar-refractivity contribution in [3.63, 3.8) is 0 Å². The first-order chi connectivity index (χ1) is 21.5. The molecule has 0 radical (unpaired) electrons. The van der Waals surface area contributed by atoms with Crippen molar-refractivity contribution in [2.45, 2.75) is 136 Å². The number of unbranched alkanes of at least 4 members (excludes halogenated alkanes) is 14. The summed E-state index contributed by atoms with van der Waals surface area (Å²) >= 11 is 0. The molecule has 256 valence electrons. The van der Waals surface area contributed by atoms with E-state index in [1.807, 2.05) is 6.92 Å². The number of hydrogen-bond donors (Lipinski definition) is 1. The number of amides is 2. The van der Waals surface area contributed by atoms with E-state index in [9.17, 15) is 14.4 Å². The fraction of sp³-hybridized carbons (Fsp3) is 0.788. The predicted octanol–water partition coefficient (Wildman–Crippen LogP) is 7.91. The molecule has 1 atom stereocenters. The predicted molar refractivity (Wildman–Crippen MR) is 170 cm³/mol. The zero-order chi connectivity index (χ0) is 32.5. The molecule has 0 aromatic heterocycles. The Morgan fingerprint density at radius 3 is 1.77 bits per heavy atom. The Hall–Kier alpha value is -2.79. The van der Waals surface area contributed by atoms with Gasteiger partial charge in [-0.25, -0.2) is 9.59 Å². The fourth-order valence-electron chi connectivity index (χ4n) is 4.35. The number of hydrogen-bond acceptors (Lipinski definition) is 8. The highest BCUT2D eigenvalue weighted by atomic mass is 16.5. The van der Waals surface area contributed by atoms with Gasteiger partial charge in [0.2, 0.25) is 0 Å². The summed E-state index contributed by atoms with van der Waals surface area (Å²) in [4.78, 5) is 37.3. The molecular formula is C33H60N2O9. The molecule has 0 fully saturated rings.